The van der Waals surface area contributed by atoms with Gasteiger partial charge in [-0.3, -0.25) is 19.4 Å². The van der Waals surface area contributed by atoms with Crippen molar-refractivity contribution in [3.05, 3.63) is 82.8 Å². The number of nitrogens with one attached hydrogen (secondary N) is 1. The summed E-state index contributed by atoms with van der Waals surface area (Å²) < 4.78 is 13.1. The highest BCUT2D eigenvalue weighted by molar-refractivity contribution is 6.06. The van der Waals surface area contributed by atoms with Crippen LogP contribution in [0, 0.1) is 17.1 Å². The summed E-state index contributed by atoms with van der Waals surface area (Å²) in [5, 5.41) is 11.6. The fourth-order valence-electron chi connectivity index (χ4n) is 3.93. The largest absolute Gasteiger partial charge is 0.342 e. The van der Waals surface area contributed by atoms with Crippen LogP contribution >= 0.6 is 0 Å². The number of piperazine rings is 1. The molecule has 2 aliphatic rings. The van der Waals surface area contributed by atoms with Crippen LogP contribution in [0.3, 0.4) is 0 Å². The molecule has 9 heteroatoms. The zero-order valence-corrected chi connectivity index (χ0v) is 19.9. The molecule has 1 aliphatic heterocycles. The van der Waals surface area contributed by atoms with Crippen LogP contribution in [0.25, 0.3) is 0 Å². The highest BCUT2D eigenvalue weighted by Gasteiger charge is 2.33. The number of halogens is 1. The molecule has 0 spiro atoms. The van der Waals surface area contributed by atoms with Gasteiger partial charge in [0.25, 0.3) is 11.8 Å². The van der Waals surface area contributed by atoms with Gasteiger partial charge in [0.05, 0.1) is 11.6 Å². The monoisotopic (exact) mass is 487 g/mol. The third-order valence-corrected chi connectivity index (χ3v) is 6.22. The van der Waals surface area contributed by atoms with Crippen molar-refractivity contribution in [1.29, 1.82) is 5.26 Å². The molecule has 1 aliphatic carbocycles. The van der Waals surface area contributed by atoms with Crippen molar-refractivity contribution in [1.82, 2.24) is 15.1 Å². The summed E-state index contributed by atoms with van der Waals surface area (Å²) in [4.78, 5) is 45.7. The molecule has 1 N–H and O–H groups in total. The number of aliphatic imine (C=N–C) groups is 1. The van der Waals surface area contributed by atoms with Gasteiger partial charge in [0.15, 0.2) is 0 Å². The SMILES string of the molecule is CN1CCN(C(=O)/C(=C/CCN=C2C[C@H]2c2ccc(F)cc2)NC(=O)c2ccc(C#N)cc2)CC1=O. The van der Waals surface area contributed by atoms with E-state index in [1.54, 1.807) is 30.2 Å². The van der Waals surface area contributed by atoms with Gasteiger partial charge in [-0.2, -0.15) is 5.26 Å². The third-order valence-electron chi connectivity index (χ3n) is 6.22. The summed E-state index contributed by atoms with van der Waals surface area (Å²) >= 11 is 0. The van der Waals surface area contributed by atoms with Gasteiger partial charge < -0.3 is 15.1 Å². The van der Waals surface area contributed by atoms with Crippen LogP contribution < -0.4 is 5.32 Å². The Kier molecular flexibility index (Phi) is 7.54. The Balaban J connectivity index is 1.43. The summed E-state index contributed by atoms with van der Waals surface area (Å²) in [7, 11) is 1.68. The van der Waals surface area contributed by atoms with Crippen molar-refractivity contribution < 1.29 is 18.8 Å². The maximum Gasteiger partial charge on any atom is 0.270 e. The summed E-state index contributed by atoms with van der Waals surface area (Å²) in [5.74, 6) is -1.15. The zero-order valence-electron chi connectivity index (χ0n) is 19.9. The van der Waals surface area contributed by atoms with Gasteiger partial charge in [0.1, 0.15) is 18.1 Å². The van der Waals surface area contributed by atoms with E-state index in [1.165, 1.54) is 41.3 Å². The molecule has 1 heterocycles. The lowest BCUT2D eigenvalue weighted by Gasteiger charge is -2.32. The molecular formula is C27H26FN5O3. The fraction of sp³-hybridized carbons (Fsp3) is 0.296. The number of rotatable bonds is 7. The highest BCUT2D eigenvalue weighted by atomic mass is 19.1. The van der Waals surface area contributed by atoms with E-state index in [0.29, 0.717) is 37.2 Å². The molecule has 0 aromatic heterocycles. The molecule has 1 saturated carbocycles. The lowest BCUT2D eigenvalue weighted by Crippen LogP contribution is -2.52. The summed E-state index contributed by atoms with van der Waals surface area (Å²) in [6.07, 6.45) is 2.86. The Morgan fingerprint density at radius 3 is 2.56 bits per heavy atom. The first-order valence-corrected chi connectivity index (χ1v) is 11.7. The first-order chi connectivity index (χ1) is 17.4. The van der Waals surface area contributed by atoms with E-state index in [2.05, 4.69) is 10.3 Å². The highest BCUT2D eigenvalue weighted by Crippen LogP contribution is 2.37. The molecule has 0 unspecified atom stereocenters. The Bertz CT molecular complexity index is 1260. The van der Waals surface area contributed by atoms with E-state index in [4.69, 9.17) is 5.26 Å². The first-order valence-electron chi connectivity index (χ1n) is 11.7. The minimum Gasteiger partial charge on any atom is -0.342 e. The average molecular weight is 488 g/mol. The van der Waals surface area contributed by atoms with Crippen molar-refractivity contribution in [3.8, 4) is 6.07 Å². The van der Waals surface area contributed by atoms with Gasteiger partial charge >= 0.3 is 0 Å². The van der Waals surface area contributed by atoms with Crippen LogP contribution in [0.4, 0.5) is 4.39 Å². The van der Waals surface area contributed by atoms with Crippen LogP contribution in [0.1, 0.15) is 40.2 Å². The van der Waals surface area contributed by atoms with Gasteiger partial charge in [-0.1, -0.05) is 18.2 Å². The average Bonchev–Trinajstić information content (AvgIpc) is 3.67. The Hall–Kier alpha value is -4.32. The first kappa shape index (κ1) is 24.8. The number of nitrogens with zero attached hydrogens (tertiary/aromatic N) is 4. The summed E-state index contributed by atoms with van der Waals surface area (Å²) in [6, 6.07) is 14.5. The predicted octanol–water partition coefficient (Wildman–Crippen LogP) is 2.63. The van der Waals surface area contributed by atoms with Gasteiger partial charge in [0.2, 0.25) is 5.91 Å². The minimum atomic E-state index is -0.482. The van der Waals surface area contributed by atoms with E-state index in [9.17, 15) is 18.8 Å². The second-order valence-corrected chi connectivity index (χ2v) is 8.77. The van der Waals surface area contributed by atoms with Crippen molar-refractivity contribution in [2.75, 3.05) is 33.2 Å². The molecule has 0 radical (unpaired) electrons. The molecule has 36 heavy (non-hydrogen) atoms. The number of hydrogen-bond donors (Lipinski definition) is 1. The van der Waals surface area contributed by atoms with Crippen LogP contribution in [-0.4, -0.2) is 66.5 Å². The number of carbonyl (C=O) groups excluding carboxylic acids is 3. The van der Waals surface area contributed by atoms with E-state index in [1.807, 2.05) is 6.07 Å². The molecule has 1 saturated heterocycles. The maximum atomic E-state index is 13.2. The number of hydrogen-bond acceptors (Lipinski definition) is 5. The lowest BCUT2D eigenvalue weighted by atomic mass is 10.1. The second-order valence-electron chi connectivity index (χ2n) is 8.77. The van der Waals surface area contributed by atoms with E-state index >= 15 is 0 Å². The molecule has 8 nitrogen and oxygen atoms in total. The number of likely N-dealkylation sites (N-methyl/N-ethyl adjacent to an activating group) is 1. The topological polar surface area (TPSA) is 106 Å². The van der Waals surface area contributed by atoms with E-state index in [0.717, 1.165) is 17.7 Å². The minimum absolute atomic E-state index is 0.0545. The van der Waals surface area contributed by atoms with Gasteiger partial charge in [-0.05, 0) is 54.8 Å². The predicted molar refractivity (Wildman–Crippen MR) is 132 cm³/mol. The zero-order chi connectivity index (χ0) is 25.7. The van der Waals surface area contributed by atoms with Crippen molar-refractivity contribution in [3.63, 3.8) is 0 Å². The van der Waals surface area contributed by atoms with Gasteiger partial charge in [0, 0.05) is 43.9 Å². The Labute approximate surface area is 208 Å². The van der Waals surface area contributed by atoms with E-state index < -0.39 is 11.8 Å². The normalized spacial score (nSPS) is 18.7. The lowest BCUT2D eigenvalue weighted by molar-refractivity contribution is -0.142. The van der Waals surface area contributed by atoms with Crippen molar-refractivity contribution >= 4 is 23.4 Å². The number of benzene rings is 2. The smallest absolute Gasteiger partial charge is 0.270 e. The number of amides is 3. The molecule has 2 aromatic rings. The molecule has 184 valence electrons. The van der Waals surface area contributed by atoms with Crippen LogP contribution in [-0.2, 0) is 9.59 Å². The Morgan fingerprint density at radius 1 is 1.17 bits per heavy atom. The molecular weight excluding hydrogens is 461 g/mol. The molecule has 0 bridgehead atoms. The van der Waals surface area contributed by atoms with Crippen molar-refractivity contribution in [2.45, 2.75) is 18.8 Å². The fourth-order valence-corrected chi connectivity index (χ4v) is 3.93. The molecule has 4 rings (SSSR count). The molecule has 2 aromatic carbocycles. The van der Waals surface area contributed by atoms with Crippen LogP contribution in [0.5, 0.6) is 0 Å². The molecule has 2 fully saturated rings. The summed E-state index contributed by atoms with van der Waals surface area (Å²) in [5.41, 5.74) is 2.87. The van der Waals surface area contributed by atoms with Gasteiger partial charge in [-0.25, -0.2) is 4.39 Å². The number of carbonyl (C=O) groups is 3. The maximum absolute atomic E-state index is 13.2. The van der Waals surface area contributed by atoms with Crippen LogP contribution in [0.15, 0.2) is 65.3 Å². The second kappa shape index (κ2) is 11.0. The van der Waals surface area contributed by atoms with Crippen molar-refractivity contribution in [2.24, 2.45) is 4.99 Å². The summed E-state index contributed by atoms with van der Waals surface area (Å²) in [6.45, 7) is 1.16. The van der Waals surface area contributed by atoms with Gasteiger partial charge in [-0.15, -0.1) is 0 Å². The third kappa shape index (κ3) is 6.02. The Morgan fingerprint density at radius 2 is 1.89 bits per heavy atom. The standard InChI is InChI=1S/C27H26FN5O3/c1-32-13-14-33(17-25(32)34)27(36)23(31-26(35)20-6-4-18(16-29)5-7-20)3-2-12-30-24-15-22(24)19-8-10-21(28)11-9-19/h3-11,22H,2,12-15,17H2,1H3,(H,31,35)/b23-3-,30-24?/t22-/m0/s1. The van der Waals surface area contributed by atoms with Crippen LogP contribution in [0.2, 0.25) is 0 Å². The quantitative estimate of drug-likeness (QED) is 0.479. The molecule has 1 atom stereocenters. The van der Waals surface area contributed by atoms with E-state index in [-0.39, 0.29) is 29.9 Å². The molecule has 3 amide bonds. The number of nitriles is 1.